The third kappa shape index (κ3) is 5.89. The standard InChI is InChI=1S/C19H28ClNO2S/c1-13-11-16(12-14(2)18(13)20)23-15(3)19(22)21-9-10-24-17-7-5-4-6-8-17/h11-12,15,17H,4-10H2,1-3H3,(H,21,22)/t15-/m1/s1. The number of hydrogen-bond donors (Lipinski definition) is 1. The molecule has 1 aromatic rings. The molecule has 0 saturated heterocycles. The van der Waals surface area contributed by atoms with E-state index in [0.29, 0.717) is 12.3 Å². The molecular weight excluding hydrogens is 342 g/mol. The van der Waals surface area contributed by atoms with E-state index in [1.807, 2.05) is 37.7 Å². The van der Waals surface area contributed by atoms with E-state index < -0.39 is 6.10 Å². The first-order valence-corrected chi connectivity index (χ1v) is 10.2. The molecule has 0 aliphatic heterocycles. The van der Waals surface area contributed by atoms with Gasteiger partial charge in [0.15, 0.2) is 6.10 Å². The van der Waals surface area contributed by atoms with E-state index >= 15 is 0 Å². The molecule has 1 amide bonds. The van der Waals surface area contributed by atoms with Crippen LogP contribution in [0.4, 0.5) is 0 Å². The third-order valence-corrected chi connectivity index (χ3v) is 6.38. The maximum absolute atomic E-state index is 12.2. The zero-order valence-electron chi connectivity index (χ0n) is 14.9. The molecule has 24 heavy (non-hydrogen) atoms. The highest BCUT2D eigenvalue weighted by molar-refractivity contribution is 7.99. The average Bonchev–Trinajstić information content (AvgIpc) is 2.57. The minimum absolute atomic E-state index is 0.0653. The molecule has 1 atom stereocenters. The first kappa shape index (κ1) is 19.5. The Bertz CT molecular complexity index is 535. The fraction of sp³-hybridized carbons (Fsp3) is 0.632. The van der Waals surface area contributed by atoms with E-state index in [4.69, 9.17) is 16.3 Å². The Balaban J connectivity index is 1.71. The van der Waals surface area contributed by atoms with Crippen LogP contribution in [0, 0.1) is 13.8 Å². The molecule has 1 saturated carbocycles. The van der Waals surface area contributed by atoms with Gasteiger partial charge in [-0.2, -0.15) is 11.8 Å². The summed E-state index contributed by atoms with van der Waals surface area (Å²) >= 11 is 8.15. The lowest BCUT2D eigenvalue weighted by molar-refractivity contribution is -0.127. The molecule has 134 valence electrons. The second kappa shape index (κ2) is 9.57. The molecule has 0 radical (unpaired) electrons. The molecule has 0 aromatic heterocycles. The van der Waals surface area contributed by atoms with Crippen molar-refractivity contribution in [1.82, 2.24) is 5.32 Å². The molecule has 0 spiro atoms. The summed E-state index contributed by atoms with van der Waals surface area (Å²) in [6.45, 7) is 6.36. The summed E-state index contributed by atoms with van der Waals surface area (Å²) in [6, 6.07) is 3.75. The molecule has 2 rings (SSSR count). The Morgan fingerprint density at radius 1 is 1.29 bits per heavy atom. The number of hydrogen-bond acceptors (Lipinski definition) is 3. The zero-order valence-corrected chi connectivity index (χ0v) is 16.4. The predicted octanol–water partition coefficient (Wildman–Crippen LogP) is 4.91. The van der Waals surface area contributed by atoms with Crippen molar-refractivity contribution in [3.63, 3.8) is 0 Å². The normalized spacial score (nSPS) is 16.7. The number of nitrogens with one attached hydrogen (secondary N) is 1. The van der Waals surface area contributed by atoms with Crippen molar-refractivity contribution in [1.29, 1.82) is 0 Å². The van der Waals surface area contributed by atoms with Gasteiger partial charge < -0.3 is 10.1 Å². The van der Waals surface area contributed by atoms with Crippen LogP contribution in [0.1, 0.15) is 50.2 Å². The molecule has 0 heterocycles. The first-order valence-electron chi connectivity index (χ1n) is 8.80. The van der Waals surface area contributed by atoms with Gasteiger partial charge in [-0.25, -0.2) is 0 Å². The Morgan fingerprint density at radius 3 is 2.54 bits per heavy atom. The second-order valence-corrected chi connectivity index (χ2v) is 8.34. The zero-order chi connectivity index (χ0) is 17.5. The second-order valence-electron chi connectivity index (χ2n) is 6.55. The molecule has 0 unspecified atom stereocenters. The molecule has 1 fully saturated rings. The number of thioether (sulfide) groups is 1. The number of benzene rings is 1. The summed E-state index contributed by atoms with van der Waals surface area (Å²) in [7, 11) is 0. The van der Waals surface area contributed by atoms with Crippen molar-refractivity contribution in [2.45, 2.75) is 64.2 Å². The third-order valence-electron chi connectivity index (χ3n) is 4.40. The van der Waals surface area contributed by atoms with Crippen molar-refractivity contribution < 1.29 is 9.53 Å². The molecular formula is C19H28ClNO2S. The van der Waals surface area contributed by atoms with Crippen LogP contribution in [0.2, 0.25) is 5.02 Å². The summed E-state index contributed by atoms with van der Waals surface area (Å²) in [5.41, 5.74) is 1.92. The van der Waals surface area contributed by atoms with Crippen LogP contribution < -0.4 is 10.1 Å². The van der Waals surface area contributed by atoms with Gasteiger partial charge in [0.05, 0.1) is 0 Å². The fourth-order valence-electron chi connectivity index (χ4n) is 3.01. The van der Waals surface area contributed by atoms with Crippen LogP contribution in [-0.4, -0.2) is 29.6 Å². The number of ether oxygens (including phenoxy) is 1. The van der Waals surface area contributed by atoms with Crippen molar-refractivity contribution in [3.05, 3.63) is 28.3 Å². The van der Waals surface area contributed by atoms with E-state index in [1.54, 1.807) is 6.92 Å². The van der Waals surface area contributed by atoms with Gasteiger partial charge in [0, 0.05) is 22.6 Å². The Kier molecular flexibility index (Phi) is 7.76. The van der Waals surface area contributed by atoms with Crippen molar-refractivity contribution in [2.75, 3.05) is 12.3 Å². The number of amides is 1. The lowest BCUT2D eigenvalue weighted by Crippen LogP contribution is -2.37. The number of rotatable bonds is 7. The molecule has 1 aliphatic carbocycles. The summed E-state index contributed by atoms with van der Waals surface area (Å²) in [6.07, 6.45) is 6.24. The van der Waals surface area contributed by atoms with Crippen LogP contribution in [0.15, 0.2) is 12.1 Å². The van der Waals surface area contributed by atoms with Crippen LogP contribution in [0.5, 0.6) is 5.75 Å². The van der Waals surface area contributed by atoms with Crippen LogP contribution in [0.3, 0.4) is 0 Å². The van der Waals surface area contributed by atoms with Crippen LogP contribution >= 0.6 is 23.4 Å². The van der Waals surface area contributed by atoms with Gasteiger partial charge in [-0.3, -0.25) is 4.79 Å². The fourth-order valence-corrected chi connectivity index (χ4v) is 4.34. The van der Waals surface area contributed by atoms with E-state index in [-0.39, 0.29) is 5.91 Å². The highest BCUT2D eigenvalue weighted by Gasteiger charge is 2.16. The topological polar surface area (TPSA) is 38.3 Å². The largest absolute Gasteiger partial charge is 0.481 e. The van der Waals surface area contributed by atoms with Crippen molar-refractivity contribution in [2.24, 2.45) is 0 Å². The number of halogens is 1. The maximum atomic E-state index is 12.2. The monoisotopic (exact) mass is 369 g/mol. The minimum atomic E-state index is -0.510. The Hall–Kier alpha value is -0.870. The average molecular weight is 370 g/mol. The van der Waals surface area contributed by atoms with Gasteiger partial charge >= 0.3 is 0 Å². The highest BCUT2D eigenvalue weighted by Crippen LogP contribution is 2.28. The molecule has 5 heteroatoms. The van der Waals surface area contributed by atoms with Gasteiger partial charge in [-0.05, 0) is 56.9 Å². The van der Waals surface area contributed by atoms with Gasteiger partial charge in [0.1, 0.15) is 5.75 Å². The first-order chi connectivity index (χ1) is 11.5. The highest BCUT2D eigenvalue weighted by atomic mass is 35.5. The summed E-state index contributed by atoms with van der Waals surface area (Å²) in [5, 5.41) is 4.50. The Morgan fingerprint density at radius 2 is 1.92 bits per heavy atom. The quantitative estimate of drug-likeness (QED) is 0.694. The number of carbonyl (C=O) groups excluding carboxylic acids is 1. The summed E-state index contributed by atoms with van der Waals surface area (Å²) in [5.74, 6) is 1.60. The van der Waals surface area contributed by atoms with Crippen molar-refractivity contribution in [3.8, 4) is 5.75 Å². The lowest BCUT2D eigenvalue weighted by Gasteiger charge is -2.21. The minimum Gasteiger partial charge on any atom is -0.481 e. The van der Waals surface area contributed by atoms with E-state index in [2.05, 4.69) is 5.32 Å². The van der Waals surface area contributed by atoms with Gasteiger partial charge in [-0.15, -0.1) is 0 Å². The smallest absolute Gasteiger partial charge is 0.260 e. The number of carbonyl (C=O) groups is 1. The van der Waals surface area contributed by atoms with E-state index in [1.165, 1.54) is 32.1 Å². The van der Waals surface area contributed by atoms with E-state index in [9.17, 15) is 4.79 Å². The SMILES string of the molecule is Cc1cc(O[C@H](C)C(=O)NCCSC2CCCCC2)cc(C)c1Cl. The molecule has 0 bridgehead atoms. The van der Waals surface area contributed by atoms with Crippen molar-refractivity contribution >= 4 is 29.3 Å². The van der Waals surface area contributed by atoms with Gasteiger partial charge in [0.2, 0.25) is 0 Å². The molecule has 1 aromatic carbocycles. The van der Waals surface area contributed by atoms with Gasteiger partial charge in [-0.1, -0.05) is 30.9 Å². The van der Waals surface area contributed by atoms with Crippen LogP contribution in [-0.2, 0) is 4.79 Å². The Labute approximate surface area is 154 Å². The molecule has 3 nitrogen and oxygen atoms in total. The van der Waals surface area contributed by atoms with Crippen LogP contribution in [0.25, 0.3) is 0 Å². The number of aryl methyl sites for hydroxylation is 2. The molecule has 1 N–H and O–H groups in total. The van der Waals surface area contributed by atoms with Gasteiger partial charge in [0.25, 0.3) is 5.91 Å². The lowest BCUT2D eigenvalue weighted by atomic mass is 10.0. The van der Waals surface area contributed by atoms with E-state index in [0.717, 1.165) is 27.2 Å². The summed E-state index contributed by atoms with van der Waals surface area (Å²) < 4.78 is 5.76. The summed E-state index contributed by atoms with van der Waals surface area (Å²) in [4.78, 5) is 12.2. The predicted molar refractivity (Wildman–Crippen MR) is 103 cm³/mol. The maximum Gasteiger partial charge on any atom is 0.260 e. The molecule has 1 aliphatic rings.